The van der Waals surface area contributed by atoms with Gasteiger partial charge in [-0.25, -0.2) is 0 Å². The van der Waals surface area contributed by atoms with Crippen LogP contribution in [0.1, 0.15) is 22.8 Å². The summed E-state index contributed by atoms with van der Waals surface area (Å²) in [5.74, 6) is -0.0442. The largest absolute Gasteiger partial charge is 0.493 e. The molecular formula is C10H12ClNO2. The molecule has 0 aliphatic carbocycles. The van der Waals surface area contributed by atoms with Gasteiger partial charge < -0.3 is 10.5 Å². The Kier molecular flexibility index (Phi) is 3.36. The normalized spacial score (nSPS) is 9.93. The van der Waals surface area contributed by atoms with Crippen LogP contribution in [0.4, 0.5) is 0 Å². The molecule has 0 aliphatic heterocycles. The van der Waals surface area contributed by atoms with Gasteiger partial charge in [0.25, 0.3) is 5.91 Å². The Morgan fingerprint density at radius 3 is 2.71 bits per heavy atom. The van der Waals surface area contributed by atoms with E-state index >= 15 is 0 Å². The fourth-order valence-electron chi connectivity index (χ4n) is 1.12. The number of hydrogen-bond donors (Lipinski definition) is 1. The molecule has 0 bridgehead atoms. The fraction of sp³-hybridized carbons (Fsp3) is 0.300. The van der Waals surface area contributed by atoms with E-state index in [9.17, 15) is 4.79 Å². The number of halogens is 1. The first-order valence-electron chi connectivity index (χ1n) is 4.29. The second kappa shape index (κ2) is 4.33. The monoisotopic (exact) mass is 213 g/mol. The van der Waals surface area contributed by atoms with Crippen molar-refractivity contribution in [3.05, 3.63) is 28.3 Å². The summed E-state index contributed by atoms with van der Waals surface area (Å²) in [5, 5.41) is 0.516. The standard InChI is InChI=1S/C10H12ClNO2/c1-3-14-9-4-6(2)8(11)5-7(9)10(12)13/h4-5H,3H2,1-2H3,(H2,12,13). The molecule has 0 saturated carbocycles. The van der Waals surface area contributed by atoms with Crippen LogP contribution in [-0.2, 0) is 0 Å². The van der Waals surface area contributed by atoms with Gasteiger partial charge in [-0.05, 0) is 31.5 Å². The van der Waals surface area contributed by atoms with Crippen molar-refractivity contribution in [1.82, 2.24) is 0 Å². The van der Waals surface area contributed by atoms with E-state index in [1.807, 2.05) is 13.8 Å². The van der Waals surface area contributed by atoms with Gasteiger partial charge >= 0.3 is 0 Å². The minimum absolute atomic E-state index is 0.322. The zero-order valence-electron chi connectivity index (χ0n) is 8.13. The molecule has 0 spiro atoms. The van der Waals surface area contributed by atoms with Crippen LogP contribution in [0.2, 0.25) is 5.02 Å². The first kappa shape index (κ1) is 10.9. The highest BCUT2D eigenvalue weighted by Gasteiger charge is 2.11. The number of aryl methyl sites for hydroxylation is 1. The third-order valence-corrected chi connectivity index (χ3v) is 2.23. The zero-order chi connectivity index (χ0) is 10.7. The Morgan fingerprint density at radius 2 is 2.21 bits per heavy atom. The molecule has 0 saturated heterocycles. The van der Waals surface area contributed by atoms with Crippen LogP contribution in [-0.4, -0.2) is 12.5 Å². The van der Waals surface area contributed by atoms with Crippen LogP contribution in [0.25, 0.3) is 0 Å². The van der Waals surface area contributed by atoms with Gasteiger partial charge in [-0.1, -0.05) is 11.6 Å². The van der Waals surface area contributed by atoms with Gasteiger partial charge in [-0.2, -0.15) is 0 Å². The lowest BCUT2D eigenvalue weighted by Crippen LogP contribution is -2.13. The molecular weight excluding hydrogens is 202 g/mol. The van der Waals surface area contributed by atoms with Crippen LogP contribution in [0, 0.1) is 6.92 Å². The molecule has 3 nitrogen and oxygen atoms in total. The molecule has 0 fully saturated rings. The summed E-state index contributed by atoms with van der Waals surface area (Å²) >= 11 is 5.87. The minimum atomic E-state index is -0.532. The first-order valence-corrected chi connectivity index (χ1v) is 4.66. The third-order valence-electron chi connectivity index (χ3n) is 1.83. The molecule has 14 heavy (non-hydrogen) atoms. The van der Waals surface area contributed by atoms with Crippen molar-refractivity contribution in [1.29, 1.82) is 0 Å². The van der Waals surface area contributed by atoms with E-state index in [0.29, 0.717) is 22.9 Å². The summed E-state index contributed by atoms with van der Waals surface area (Å²) in [6.45, 7) is 4.17. The number of carbonyl (C=O) groups excluding carboxylic acids is 1. The Bertz CT molecular complexity index is 363. The summed E-state index contributed by atoms with van der Waals surface area (Å²) in [7, 11) is 0. The third kappa shape index (κ3) is 2.17. The van der Waals surface area contributed by atoms with E-state index in [-0.39, 0.29) is 0 Å². The molecule has 2 N–H and O–H groups in total. The summed E-state index contributed by atoms with van der Waals surface area (Å²) in [6.07, 6.45) is 0. The number of benzene rings is 1. The van der Waals surface area contributed by atoms with Crippen LogP contribution in [0.15, 0.2) is 12.1 Å². The maximum atomic E-state index is 11.0. The number of amides is 1. The van der Waals surface area contributed by atoms with E-state index in [4.69, 9.17) is 22.1 Å². The highest BCUT2D eigenvalue weighted by molar-refractivity contribution is 6.31. The van der Waals surface area contributed by atoms with Crippen molar-refractivity contribution >= 4 is 17.5 Å². The van der Waals surface area contributed by atoms with Gasteiger partial charge in [0.15, 0.2) is 0 Å². The Morgan fingerprint density at radius 1 is 1.57 bits per heavy atom. The topological polar surface area (TPSA) is 52.3 Å². The predicted molar refractivity (Wildman–Crippen MR) is 55.9 cm³/mol. The Labute approximate surface area is 87.8 Å². The molecule has 1 rings (SSSR count). The van der Waals surface area contributed by atoms with E-state index in [1.54, 1.807) is 6.07 Å². The lowest BCUT2D eigenvalue weighted by atomic mass is 10.1. The van der Waals surface area contributed by atoms with Crippen molar-refractivity contribution in [2.24, 2.45) is 5.73 Å². The summed E-state index contributed by atoms with van der Waals surface area (Å²) < 4.78 is 5.27. The maximum Gasteiger partial charge on any atom is 0.252 e. The smallest absolute Gasteiger partial charge is 0.252 e. The Hall–Kier alpha value is -1.22. The van der Waals surface area contributed by atoms with Gasteiger partial charge in [0.05, 0.1) is 12.2 Å². The van der Waals surface area contributed by atoms with Crippen molar-refractivity contribution in [3.8, 4) is 5.75 Å². The maximum absolute atomic E-state index is 11.0. The molecule has 0 aromatic heterocycles. The average molecular weight is 214 g/mol. The molecule has 0 radical (unpaired) electrons. The van der Waals surface area contributed by atoms with E-state index < -0.39 is 5.91 Å². The lowest BCUT2D eigenvalue weighted by Gasteiger charge is -2.09. The molecule has 0 atom stereocenters. The number of rotatable bonds is 3. The van der Waals surface area contributed by atoms with Gasteiger partial charge in [-0.15, -0.1) is 0 Å². The van der Waals surface area contributed by atoms with Crippen LogP contribution in [0.3, 0.4) is 0 Å². The predicted octanol–water partition coefficient (Wildman–Crippen LogP) is 2.15. The van der Waals surface area contributed by atoms with E-state index in [2.05, 4.69) is 0 Å². The van der Waals surface area contributed by atoms with E-state index in [1.165, 1.54) is 6.07 Å². The van der Waals surface area contributed by atoms with E-state index in [0.717, 1.165) is 5.56 Å². The van der Waals surface area contributed by atoms with Gasteiger partial charge in [0.2, 0.25) is 0 Å². The molecule has 4 heteroatoms. The average Bonchev–Trinajstić information content (AvgIpc) is 2.11. The number of primary amides is 1. The highest BCUT2D eigenvalue weighted by Crippen LogP contribution is 2.26. The number of carbonyl (C=O) groups is 1. The summed E-state index contributed by atoms with van der Waals surface area (Å²) in [5.41, 5.74) is 6.37. The van der Waals surface area contributed by atoms with Crippen molar-refractivity contribution in [2.45, 2.75) is 13.8 Å². The molecule has 1 aromatic carbocycles. The molecule has 0 aliphatic rings. The van der Waals surface area contributed by atoms with Crippen LogP contribution >= 0.6 is 11.6 Å². The summed E-state index contributed by atoms with van der Waals surface area (Å²) in [6, 6.07) is 3.25. The SMILES string of the molecule is CCOc1cc(C)c(Cl)cc1C(N)=O. The van der Waals surface area contributed by atoms with Gasteiger partial charge in [0, 0.05) is 5.02 Å². The highest BCUT2D eigenvalue weighted by atomic mass is 35.5. The molecule has 1 amide bonds. The van der Waals surface area contributed by atoms with Gasteiger partial charge in [0.1, 0.15) is 5.75 Å². The number of hydrogen-bond acceptors (Lipinski definition) is 2. The number of nitrogens with two attached hydrogens (primary N) is 1. The van der Waals surface area contributed by atoms with Crippen LogP contribution in [0.5, 0.6) is 5.75 Å². The molecule has 1 aromatic rings. The fourth-order valence-corrected chi connectivity index (χ4v) is 1.29. The minimum Gasteiger partial charge on any atom is -0.493 e. The van der Waals surface area contributed by atoms with Crippen LogP contribution < -0.4 is 10.5 Å². The second-order valence-electron chi connectivity index (χ2n) is 2.89. The molecule has 76 valence electrons. The van der Waals surface area contributed by atoms with Crippen molar-refractivity contribution in [3.63, 3.8) is 0 Å². The zero-order valence-corrected chi connectivity index (χ0v) is 8.89. The number of ether oxygens (including phenoxy) is 1. The second-order valence-corrected chi connectivity index (χ2v) is 3.30. The quantitative estimate of drug-likeness (QED) is 0.837. The Balaban J connectivity index is 3.24. The molecule has 0 heterocycles. The molecule has 0 unspecified atom stereocenters. The first-order chi connectivity index (χ1) is 6.56. The van der Waals surface area contributed by atoms with Crippen molar-refractivity contribution in [2.75, 3.05) is 6.61 Å². The summed E-state index contributed by atoms with van der Waals surface area (Å²) in [4.78, 5) is 11.0. The van der Waals surface area contributed by atoms with Gasteiger partial charge in [-0.3, -0.25) is 4.79 Å². The van der Waals surface area contributed by atoms with Crippen molar-refractivity contribution < 1.29 is 9.53 Å². The lowest BCUT2D eigenvalue weighted by molar-refractivity contribution is 0.0996.